The number of phenols is 4. The summed E-state index contributed by atoms with van der Waals surface area (Å²) < 4.78 is 0. The van der Waals surface area contributed by atoms with Gasteiger partial charge in [-0.2, -0.15) is 0 Å². The van der Waals surface area contributed by atoms with Crippen LogP contribution in [0.15, 0.2) is 72.8 Å². The van der Waals surface area contributed by atoms with E-state index < -0.39 is 0 Å². The molecule has 4 nitrogen and oxygen atoms in total. The maximum absolute atomic E-state index is 9.17. The van der Waals surface area contributed by atoms with Crippen LogP contribution in [0.3, 0.4) is 0 Å². The molecular formula is C20H16O4. The summed E-state index contributed by atoms with van der Waals surface area (Å²) in [6, 6.07) is 21.3. The van der Waals surface area contributed by atoms with Crippen molar-refractivity contribution in [3.8, 4) is 23.0 Å². The van der Waals surface area contributed by atoms with E-state index in [1.54, 1.807) is 24.3 Å². The molecular weight excluding hydrogens is 304 g/mol. The molecule has 4 rings (SSSR count). The minimum atomic E-state index is -0.0753. The molecule has 120 valence electrons. The van der Waals surface area contributed by atoms with Gasteiger partial charge in [0.05, 0.1) is 0 Å². The number of hydrogen-bond donors (Lipinski definition) is 4. The Labute approximate surface area is 138 Å². The third kappa shape index (κ3) is 3.17. The van der Waals surface area contributed by atoms with Gasteiger partial charge >= 0.3 is 0 Å². The highest BCUT2D eigenvalue weighted by molar-refractivity contribution is 5.86. The standard InChI is InChI=1S/2C10H8O2/c2*11-9-5-7-3-1-2-4-8(7)6-10(9)12/h2*1-6,11-12H. The Balaban J connectivity index is 0.000000141. The van der Waals surface area contributed by atoms with E-state index in [-0.39, 0.29) is 23.0 Å². The quantitative estimate of drug-likeness (QED) is 0.360. The minimum Gasteiger partial charge on any atom is -0.504 e. The first-order chi connectivity index (χ1) is 11.5. The molecule has 0 saturated carbocycles. The predicted octanol–water partition coefficient (Wildman–Crippen LogP) is 4.50. The van der Waals surface area contributed by atoms with Gasteiger partial charge in [-0.1, -0.05) is 48.5 Å². The van der Waals surface area contributed by atoms with Gasteiger partial charge < -0.3 is 20.4 Å². The van der Waals surface area contributed by atoms with Crippen LogP contribution in [0.2, 0.25) is 0 Å². The van der Waals surface area contributed by atoms with E-state index in [4.69, 9.17) is 20.4 Å². The monoisotopic (exact) mass is 320 g/mol. The van der Waals surface area contributed by atoms with Crippen molar-refractivity contribution in [3.05, 3.63) is 72.8 Å². The molecule has 0 atom stereocenters. The van der Waals surface area contributed by atoms with Crippen LogP contribution >= 0.6 is 0 Å². The van der Waals surface area contributed by atoms with Crippen LogP contribution in [0.1, 0.15) is 0 Å². The fraction of sp³-hybridized carbons (Fsp3) is 0. The molecule has 0 spiro atoms. The molecule has 0 bridgehead atoms. The summed E-state index contributed by atoms with van der Waals surface area (Å²) in [4.78, 5) is 0. The minimum absolute atomic E-state index is 0.0753. The number of benzene rings is 4. The molecule has 4 aromatic rings. The van der Waals surface area contributed by atoms with Crippen molar-refractivity contribution in [3.63, 3.8) is 0 Å². The Bertz CT molecular complexity index is 844. The van der Waals surface area contributed by atoms with Gasteiger partial charge in [-0.3, -0.25) is 0 Å². The summed E-state index contributed by atoms with van der Waals surface area (Å²) in [6.07, 6.45) is 0. The van der Waals surface area contributed by atoms with Crippen molar-refractivity contribution in [1.82, 2.24) is 0 Å². The van der Waals surface area contributed by atoms with Gasteiger partial charge in [-0.25, -0.2) is 0 Å². The Morgan fingerprint density at radius 1 is 0.375 bits per heavy atom. The molecule has 0 radical (unpaired) electrons. The SMILES string of the molecule is Oc1cc2ccccc2cc1O.Oc1cc2ccccc2cc1O. The van der Waals surface area contributed by atoms with E-state index in [9.17, 15) is 0 Å². The molecule has 0 aliphatic rings. The van der Waals surface area contributed by atoms with Crippen molar-refractivity contribution in [2.24, 2.45) is 0 Å². The predicted molar refractivity (Wildman–Crippen MR) is 94.6 cm³/mol. The summed E-state index contributed by atoms with van der Waals surface area (Å²) in [6.45, 7) is 0. The van der Waals surface area contributed by atoms with Gasteiger partial charge in [0.15, 0.2) is 23.0 Å². The Hall–Kier alpha value is -3.40. The smallest absolute Gasteiger partial charge is 0.158 e. The maximum atomic E-state index is 9.17. The third-order valence-electron chi connectivity index (χ3n) is 3.69. The highest BCUT2D eigenvalue weighted by atomic mass is 16.3. The van der Waals surface area contributed by atoms with Crippen LogP contribution in [-0.2, 0) is 0 Å². The van der Waals surface area contributed by atoms with Crippen molar-refractivity contribution >= 4 is 21.5 Å². The lowest BCUT2D eigenvalue weighted by molar-refractivity contribution is 0.405. The third-order valence-corrected chi connectivity index (χ3v) is 3.69. The highest BCUT2D eigenvalue weighted by Gasteiger charge is 2.00. The van der Waals surface area contributed by atoms with Crippen LogP contribution in [0, 0.1) is 0 Å². The maximum Gasteiger partial charge on any atom is 0.158 e. The van der Waals surface area contributed by atoms with Crippen LogP contribution in [-0.4, -0.2) is 20.4 Å². The largest absolute Gasteiger partial charge is 0.504 e. The molecule has 24 heavy (non-hydrogen) atoms. The lowest BCUT2D eigenvalue weighted by Gasteiger charge is -2.00. The second-order valence-electron chi connectivity index (χ2n) is 5.38. The van der Waals surface area contributed by atoms with E-state index in [2.05, 4.69) is 0 Å². The molecule has 0 unspecified atom stereocenters. The molecule has 0 aliphatic carbocycles. The van der Waals surface area contributed by atoms with Crippen LogP contribution < -0.4 is 0 Å². The lowest BCUT2D eigenvalue weighted by Crippen LogP contribution is -1.72. The molecule has 4 N–H and O–H groups in total. The molecule has 4 heteroatoms. The number of fused-ring (bicyclic) bond motifs is 2. The van der Waals surface area contributed by atoms with E-state index >= 15 is 0 Å². The number of phenolic OH excluding ortho intramolecular Hbond substituents is 4. The number of hydrogen-bond acceptors (Lipinski definition) is 4. The molecule has 0 saturated heterocycles. The van der Waals surface area contributed by atoms with Gasteiger partial charge in [0.1, 0.15) is 0 Å². The second kappa shape index (κ2) is 6.38. The van der Waals surface area contributed by atoms with Crippen molar-refractivity contribution in [2.45, 2.75) is 0 Å². The zero-order chi connectivity index (χ0) is 17.1. The normalized spacial score (nSPS) is 10.3. The summed E-state index contributed by atoms with van der Waals surface area (Å²) in [5, 5.41) is 40.4. The van der Waals surface area contributed by atoms with Gasteiger partial charge in [0, 0.05) is 0 Å². The Morgan fingerprint density at radius 2 is 0.583 bits per heavy atom. The number of aromatic hydroxyl groups is 4. The van der Waals surface area contributed by atoms with Crippen molar-refractivity contribution in [2.75, 3.05) is 0 Å². The molecule has 0 amide bonds. The first-order valence-corrected chi connectivity index (χ1v) is 7.36. The topological polar surface area (TPSA) is 80.9 Å². The number of rotatable bonds is 0. The van der Waals surface area contributed by atoms with Crippen LogP contribution in [0.5, 0.6) is 23.0 Å². The van der Waals surface area contributed by atoms with Crippen molar-refractivity contribution < 1.29 is 20.4 Å². The molecule has 0 aromatic heterocycles. The van der Waals surface area contributed by atoms with E-state index in [1.807, 2.05) is 48.5 Å². The second-order valence-corrected chi connectivity index (χ2v) is 5.38. The van der Waals surface area contributed by atoms with Gasteiger partial charge in [0.2, 0.25) is 0 Å². The highest BCUT2D eigenvalue weighted by Crippen LogP contribution is 2.30. The zero-order valence-corrected chi connectivity index (χ0v) is 12.7. The van der Waals surface area contributed by atoms with E-state index in [0.29, 0.717) is 0 Å². The van der Waals surface area contributed by atoms with Crippen LogP contribution in [0.4, 0.5) is 0 Å². The molecule has 0 fully saturated rings. The lowest BCUT2D eigenvalue weighted by atomic mass is 10.1. The van der Waals surface area contributed by atoms with Gasteiger partial charge in [-0.15, -0.1) is 0 Å². The summed E-state index contributed by atoms with van der Waals surface area (Å²) in [7, 11) is 0. The Kier molecular flexibility index (Phi) is 4.12. The fourth-order valence-corrected chi connectivity index (χ4v) is 2.43. The van der Waals surface area contributed by atoms with E-state index in [0.717, 1.165) is 21.5 Å². The Morgan fingerprint density at radius 3 is 0.792 bits per heavy atom. The van der Waals surface area contributed by atoms with E-state index in [1.165, 1.54) is 0 Å². The fourth-order valence-electron chi connectivity index (χ4n) is 2.43. The average Bonchev–Trinajstić information content (AvgIpc) is 2.57. The molecule has 0 heterocycles. The average molecular weight is 320 g/mol. The van der Waals surface area contributed by atoms with Gasteiger partial charge in [-0.05, 0) is 45.8 Å². The summed E-state index contributed by atoms with van der Waals surface area (Å²) in [5.74, 6) is -0.301. The zero-order valence-electron chi connectivity index (χ0n) is 12.7. The summed E-state index contributed by atoms with van der Waals surface area (Å²) >= 11 is 0. The summed E-state index contributed by atoms with van der Waals surface area (Å²) in [5.41, 5.74) is 0. The first-order valence-electron chi connectivity index (χ1n) is 7.36. The first kappa shape index (κ1) is 15.5. The van der Waals surface area contributed by atoms with Gasteiger partial charge in [0.25, 0.3) is 0 Å². The molecule has 0 aliphatic heterocycles. The van der Waals surface area contributed by atoms with Crippen molar-refractivity contribution in [1.29, 1.82) is 0 Å². The molecule has 4 aromatic carbocycles. The van der Waals surface area contributed by atoms with Crippen LogP contribution in [0.25, 0.3) is 21.5 Å².